The molecule has 0 amide bonds. The maximum atomic E-state index is 12.1. The molecule has 1 heterocycles. The lowest BCUT2D eigenvalue weighted by Gasteiger charge is -2.02. The van der Waals surface area contributed by atoms with Crippen LogP contribution in [0.2, 0.25) is 0 Å². The van der Waals surface area contributed by atoms with Gasteiger partial charge in [0.15, 0.2) is 5.78 Å². The molecule has 0 atom stereocenters. The second kappa shape index (κ2) is 5.21. The van der Waals surface area contributed by atoms with Crippen LogP contribution in [0.5, 0.6) is 0 Å². The third-order valence-electron chi connectivity index (χ3n) is 3.14. The van der Waals surface area contributed by atoms with Crippen molar-refractivity contribution in [3.63, 3.8) is 0 Å². The Balaban J connectivity index is 2.13. The van der Waals surface area contributed by atoms with Gasteiger partial charge in [-0.25, -0.2) is 0 Å². The third-order valence-corrected chi connectivity index (χ3v) is 3.14. The monoisotopic (exact) mass is 242 g/mol. The van der Waals surface area contributed by atoms with Gasteiger partial charge in [0.05, 0.1) is 5.56 Å². The van der Waals surface area contributed by atoms with Gasteiger partial charge in [-0.05, 0) is 37.5 Å². The molecule has 2 heteroatoms. The number of rotatable bonds is 4. The standard InChI is InChI=1S/C16H18O2/c1-4-13-5-7-14(8-6-13)10-16(17)15-9-11(2)18-12(15)3/h5-9H,4,10H2,1-3H3. The van der Waals surface area contributed by atoms with Gasteiger partial charge in [0.25, 0.3) is 0 Å². The van der Waals surface area contributed by atoms with Crippen LogP contribution in [0.25, 0.3) is 0 Å². The van der Waals surface area contributed by atoms with E-state index in [0.717, 1.165) is 17.7 Å². The van der Waals surface area contributed by atoms with Gasteiger partial charge in [0, 0.05) is 6.42 Å². The van der Waals surface area contributed by atoms with E-state index in [1.54, 1.807) is 0 Å². The van der Waals surface area contributed by atoms with Crippen LogP contribution in [0, 0.1) is 13.8 Å². The largest absolute Gasteiger partial charge is 0.466 e. The Morgan fingerprint density at radius 2 is 1.72 bits per heavy atom. The number of hydrogen-bond donors (Lipinski definition) is 0. The Hall–Kier alpha value is -1.83. The molecule has 0 aliphatic carbocycles. The fourth-order valence-electron chi connectivity index (χ4n) is 2.08. The maximum absolute atomic E-state index is 12.1. The Morgan fingerprint density at radius 1 is 1.11 bits per heavy atom. The number of hydrogen-bond acceptors (Lipinski definition) is 2. The molecule has 0 unspecified atom stereocenters. The van der Waals surface area contributed by atoms with Crippen molar-refractivity contribution in [3.05, 3.63) is 58.5 Å². The molecule has 1 aromatic carbocycles. The average Bonchev–Trinajstić information content (AvgIpc) is 2.69. The molecule has 18 heavy (non-hydrogen) atoms. The SMILES string of the molecule is CCc1ccc(CC(=O)c2cc(C)oc2C)cc1. The number of carbonyl (C=O) groups excluding carboxylic acids is 1. The summed E-state index contributed by atoms with van der Waals surface area (Å²) in [6, 6.07) is 10.0. The van der Waals surface area contributed by atoms with E-state index in [9.17, 15) is 4.79 Å². The third kappa shape index (κ3) is 2.70. The predicted octanol–water partition coefficient (Wildman–Crippen LogP) is 3.88. The van der Waals surface area contributed by atoms with Gasteiger partial charge in [-0.1, -0.05) is 31.2 Å². The van der Waals surface area contributed by atoms with E-state index in [2.05, 4.69) is 19.1 Å². The van der Waals surface area contributed by atoms with E-state index in [1.165, 1.54) is 5.56 Å². The van der Waals surface area contributed by atoms with Gasteiger partial charge in [-0.15, -0.1) is 0 Å². The van der Waals surface area contributed by atoms with E-state index in [4.69, 9.17) is 4.42 Å². The lowest BCUT2D eigenvalue weighted by Crippen LogP contribution is -2.03. The first kappa shape index (κ1) is 12.6. The van der Waals surface area contributed by atoms with Gasteiger partial charge in [0.1, 0.15) is 11.5 Å². The van der Waals surface area contributed by atoms with Crippen molar-refractivity contribution in [1.29, 1.82) is 0 Å². The zero-order valence-corrected chi connectivity index (χ0v) is 11.1. The number of Topliss-reactive ketones (excluding diaryl/α,β-unsaturated/α-hetero) is 1. The number of ketones is 1. The summed E-state index contributed by atoms with van der Waals surface area (Å²) in [5.74, 6) is 1.62. The topological polar surface area (TPSA) is 30.2 Å². The van der Waals surface area contributed by atoms with Crippen LogP contribution in [-0.4, -0.2) is 5.78 Å². The van der Waals surface area contributed by atoms with Gasteiger partial charge in [-0.3, -0.25) is 4.79 Å². The highest BCUT2D eigenvalue weighted by atomic mass is 16.3. The lowest BCUT2D eigenvalue weighted by molar-refractivity contribution is 0.0991. The van der Waals surface area contributed by atoms with Crippen LogP contribution in [0.4, 0.5) is 0 Å². The Morgan fingerprint density at radius 3 is 2.22 bits per heavy atom. The van der Waals surface area contributed by atoms with E-state index in [0.29, 0.717) is 17.7 Å². The van der Waals surface area contributed by atoms with Crippen molar-refractivity contribution in [1.82, 2.24) is 0 Å². The molecule has 94 valence electrons. The van der Waals surface area contributed by atoms with Crippen molar-refractivity contribution in [2.24, 2.45) is 0 Å². The second-order valence-electron chi connectivity index (χ2n) is 4.60. The summed E-state index contributed by atoms with van der Waals surface area (Å²) in [5.41, 5.74) is 3.05. The van der Waals surface area contributed by atoms with Crippen molar-refractivity contribution in [2.45, 2.75) is 33.6 Å². The first-order valence-corrected chi connectivity index (χ1v) is 6.28. The van der Waals surface area contributed by atoms with Crippen molar-refractivity contribution in [2.75, 3.05) is 0 Å². The smallest absolute Gasteiger partial charge is 0.170 e. The highest BCUT2D eigenvalue weighted by molar-refractivity contribution is 5.98. The lowest BCUT2D eigenvalue weighted by atomic mass is 10.0. The Bertz CT molecular complexity index is 547. The normalized spacial score (nSPS) is 10.6. The first-order chi connectivity index (χ1) is 8.60. The zero-order valence-electron chi connectivity index (χ0n) is 11.1. The molecule has 1 aromatic heterocycles. The predicted molar refractivity (Wildman–Crippen MR) is 72.0 cm³/mol. The molecule has 0 saturated heterocycles. The van der Waals surface area contributed by atoms with Crippen LogP contribution in [0.1, 0.15) is 39.9 Å². The molecule has 2 rings (SSSR count). The number of benzene rings is 1. The van der Waals surface area contributed by atoms with Gasteiger partial charge >= 0.3 is 0 Å². The molecule has 0 saturated carbocycles. The molecule has 0 bridgehead atoms. The number of aryl methyl sites for hydroxylation is 3. The molecule has 0 spiro atoms. The second-order valence-corrected chi connectivity index (χ2v) is 4.60. The average molecular weight is 242 g/mol. The van der Waals surface area contributed by atoms with E-state index in [-0.39, 0.29) is 5.78 Å². The van der Waals surface area contributed by atoms with Gasteiger partial charge in [-0.2, -0.15) is 0 Å². The molecular weight excluding hydrogens is 224 g/mol. The molecule has 0 N–H and O–H groups in total. The Kier molecular flexibility index (Phi) is 3.66. The molecule has 2 aromatic rings. The van der Waals surface area contributed by atoms with Crippen molar-refractivity contribution >= 4 is 5.78 Å². The highest BCUT2D eigenvalue weighted by Crippen LogP contribution is 2.16. The fraction of sp³-hybridized carbons (Fsp3) is 0.312. The summed E-state index contributed by atoms with van der Waals surface area (Å²) in [6.45, 7) is 5.82. The highest BCUT2D eigenvalue weighted by Gasteiger charge is 2.13. The summed E-state index contributed by atoms with van der Waals surface area (Å²) >= 11 is 0. The number of furan rings is 1. The minimum atomic E-state index is 0.119. The van der Waals surface area contributed by atoms with Crippen LogP contribution < -0.4 is 0 Å². The molecule has 0 radical (unpaired) electrons. The molecule has 0 aliphatic heterocycles. The van der Waals surface area contributed by atoms with E-state index < -0.39 is 0 Å². The van der Waals surface area contributed by atoms with Crippen molar-refractivity contribution < 1.29 is 9.21 Å². The van der Waals surface area contributed by atoms with Crippen molar-refractivity contribution in [3.8, 4) is 0 Å². The quantitative estimate of drug-likeness (QED) is 0.761. The Labute approximate surface area is 108 Å². The summed E-state index contributed by atoms with van der Waals surface area (Å²) in [4.78, 5) is 12.1. The van der Waals surface area contributed by atoms with Gasteiger partial charge in [0.2, 0.25) is 0 Å². The first-order valence-electron chi connectivity index (χ1n) is 6.28. The van der Waals surface area contributed by atoms with E-state index >= 15 is 0 Å². The van der Waals surface area contributed by atoms with Gasteiger partial charge < -0.3 is 4.42 Å². The molecule has 2 nitrogen and oxygen atoms in total. The summed E-state index contributed by atoms with van der Waals surface area (Å²) in [6.07, 6.45) is 1.46. The summed E-state index contributed by atoms with van der Waals surface area (Å²) < 4.78 is 5.39. The molecule has 0 aliphatic rings. The molecule has 0 fully saturated rings. The van der Waals surface area contributed by atoms with E-state index in [1.807, 2.05) is 32.0 Å². The summed E-state index contributed by atoms with van der Waals surface area (Å²) in [7, 11) is 0. The number of carbonyl (C=O) groups is 1. The minimum Gasteiger partial charge on any atom is -0.466 e. The summed E-state index contributed by atoms with van der Waals surface area (Å²) in [5, 5.41) is 0. The van der Waals surface area contributed by atoms with Crippen LogP contribution in [0.15, 0.2) is 34.7 Å². The van der Waals surface area contributed by atoms with Crippen LogP contribution in [-0.2, 0) is 12.8 Å². The minimum absolute atomic E-state index is 0.119. The zero-order chi connectivity index (χ0) is 13.1. The van der Waals surface area contributed by atoms with Crippen LogP contribution in [0.3, 0.4) is 0 Å². The molecular formula is C16H18O2. The van der Waals surface area contributed by atoms with Crippen LogP contribution >= 0.6 is 0 Å². The maximum Gasteiger partial charge on any atom is 0.170 e. The fourth-order valence-corrected chi connectivity index (χ4v) is 2.08.